The van der Waals surface area contributed by atoms with Gasteiger partial charge >= 0.3 is 0 Å². The van der Waals surface area contributed by atoms with Crippen LogP contribution in [0.5, 0.6) is 0 Å². The van der Waals surface area contributed by atoms with Crippen LogP contribution in [0.15, 0.2) is 64.2 Å². The largest absolute Gasteiger partial charge is 0.391 e. The quantitative estimate of drug-likeness (QED) is 0.159. The van der Waals surface area contributed by atoms with Gasteiger partial charge in [-0.05, 0) is 29.8 Å². The van der Waals surface area contributed by atoms with E-state index in [0.29, 0.717) is 10.0 Å². The summed E-state index contributed by atoms with van der Waals surface area (Å²) in [7, 11) is 0. The summed E-state index contributed by atoms with van der Waals surface area (Å²) >= 11 is 21.3. The molecule has 148 valence electrons. The summed E-state index contributed by atoms with van der Waals surface area (Å²) in [4.78, 5) is 11.1. The molecule has 0 atom stereocenters. The number of imidazole rings is 1. The van der Waals surface area contributed by atoms with Crippen LogP contribution >= 0.6 is 57.9 Å². The van der Waals surface area contributed by atoms with Gasteiger partial charge in [-0.1, -0.05) is 69.9 Å². The molecule has 4 rings (SSSR count). The van der Waals surface area contributed by atoms with E-state index in [9.17, 15) is 0 Å². The average molecular weight is 483 g/mol. The molecule has 0 radical (unpaired) electrons. The van der Waals surface area contributed by atoms with Crippen LogP contribution in [0.2, 0.25) is 15.1 Å². The standard InChI is InChI=1S/C20H14Cl3N3OS2/c21-15-4-1-13(2-5-15)12-29-19-18(26-7-8-28-20(26)25-19)10-24-27-11-14-3-6-16(22)9-17(14)23/h1-10H,11-12H2/b24-10-. The van der Waals surface area contributed by atoms with Crippen molar-refractivity contribution in [3.63, 3.8) is 0 Å². The van der Waals surface area contributed by atoms with Crippen molar-refractivity contribution in [3.05, 3.63) is 85.9 Å². The summed E-state index contributed by atoms with van der Waals surface area (Å²) in [5.74, 6) is 0.782. The summed E-state index contributed by atoms with van der Waals surface area (Å²) in [6.45, 7) is 0.255. The van der Waals surface area contributed by atoms with Gasteiger partial charge in [-0.3, -0.25) is 4.40 Å². The topological polar surface area (TPSA) is 38.9 Å². The number of nitrogens with zero attached hydrogens (tertiary/aromatic N) is 3. The first-order chi connectivity index (χ1) is 14.1. The highest BCUT2D eigenvalue weighted by atomic mass is 35.5. The van der Waals surface area contributed by atoms with Crippen molar-refractivity contribution in [2.45, 2.75) is 17.4 Å². The Morgan fingerprint density at radius 1 is 1.10 bits per heavy atom. The summed E-state index contributed by atoms with van der Waals surface area (Å²) in [5.41, 5.74) is 2.87. The van der Waals surface area contributed by atoms with Crippen LogP contribution in [0.25, 0.3) is 4.96 Å². The van der Waals surface area contributed by atoms with Crippen LogP contribution in [0.1, 0.15) is 16.8 Å². The van der Waals surface area contributed by atoms with Gasteiger partial charge in [-0.2, -0.15) is 0 Å². The molecule has 0 saturated heterocycles. The Bertz CT molecular complexity index is 1160. The Hall–Kier alpha value is -1.70. The summed E-state index contributed by atoms with van der Waals surface area (Å²) in [6, 6.07) is 13.1. The van der Waals surface area contributed by atoms with Gasteiger partial charge in [0.1, 0.15) is 17.3 Å². The van der Waals surface area contributed by atoms with Crippen LogP contribution in [-0.2, 0) is 17.2 Å². The van der Waals surface area contributed by atoms with Crippen LogP contribution in [0.4, 0.5) is 0 Å². The van der Waals surface area contributed by atoms with Gasteiger partial charge in [0.2, 0.25) is 0 Å². The summed E-state index contributed by atoms with van der Waals surface area (Å²) in [5, 5.41) is 8.87. The number of thiazole rings is 1. The van der Waals surface area contributed by atoms with Crippen molar-refractivity contribution in [1.82, 2.24) is 9.38 Å². The zero-order valence-electron chi connectivity index (χ0n) is 14.9. The number of benzene rings is 2. The fourth-order valence-corrected chi connectivity index (χ4v) is 4.89. The van der Waals surface area contributed by atoms with E-state index in [0.717, 1.165) is 32.0 Å². The molecular formula is C20H14Cl3N3OS2. The maximum Gasteiger partial charge on any atom is 0.195 e. The first kappa shape index (κ1) is 20.6. The zero-order chi connectivity index (χ0) is 20.2. The van der Waals surface area contributed by atoms with Gasteiger partial charge in [0.15, 0.2) is 4.96 Å². The monoisotopic (exact) mass is 481 g/mol. The molecule has 0 fully saturated rings. The van der Waals surface area contributed by atoms with E-state index < -0.39 is 0 Å². The lowest BCUT2D eigenvalue weighted by Crippen LogP contribution is -1.93. The maximum atomic E-state index is 6.17. The highest BCUT2D eigenvalue weighted by molar-refractivity contribution is 7.98. The molecule has 0 bridgehead atoms. The molecule has 4 aromatic rings. The molecule has 0 amide bonds. The molecule has 29 heavy (non-hydrogen) atoms. The molecule has 9 heteroatoms. The molecule has 2 aromatic carbocycles. The molecule has 0 aliphatic heterocycles. The van der Waals surface area contributed by atoms with Crippen LogP contribution < -0.4 is 0 Å². The van der Waals surface area contributed by atoms with E-state index in [4.69, 9.17) is 44.6 Å². The third-order valence-electron chi connectivity index (χ3n) is 4.04. The first-order valence-corrected chi connectivity index (χ1v) is 11.5. The minimum absolute atomic E-state index is 0.255. The van der Waals surface area contributed by atoms with E-state index in [1.807, 2.05) is 46.3 Å². The third kappa shape index (κ3) is 5.08. The zero-order valence-corrected chi connectivity index (χ0v) is 18.8. The SMILES string of the molecule is Clc1ccc(CSc2nc3sccn3c2/C=N\OCc2ccc(Cl)cc2Cl)cc1. The van der Waals surface area contributed by atoms with E-state index in [-0.39, 0.29) is 6.61 Å². The molecule has 0 unspecified atom stereocenters. The lowest BCUT2D eigenvalue weighted by atomic mass is 10.2. The fourth-order valence-electron chi connectivity index (χ4n) is 2.57. The smallest absolute Gasteiger partial charge is 0.195 e. The van der Waals surface area contributed by atoms with E-state index in [1.54, 1.807) is 41.4 Å². The Balaban J connectivity index is 1.47. The van der Waals surface area contributed by atoms with E-state index in [2.05, 4.69) is 5.16 Å². The predicted molar refractivity (Wildman–Crippen MR) is 123 cm³/mol. The van der Waals surface area contributed by atoms with E-state index in [1.165, 1.54) is 5.56 Å². The highest BCUT2D eigenvalue weighted by Crippen LogP contribution is 2.28. The van der Waals surface area contributed by atoms with Gasteiger partial charge in [0.25, 0.3) is 0 Å². The number of oxime groups is 1. The van der Waals surface area contributed by atoms with Crippen molar-refractivity contribution in [1.29, 1.82) is 0 Å². The lowest BCUT2D eigenvalue weighted by molar-refractivity contribution is 0.132. The molecule has 0 aliphatic carbocycles. The molecule has 2 aromatic heterocycles. The Morgan fingerprint density at radius 3 is 2.69 bits per heavy atom. The molecule has 0 aliphatic rings. The van der Waals surface area contributed by atoms with Crippen molar-refractivity contribution < 1.29 is 4.84 Å². The Kier molecular flexibility index (Phi) is 6.67. The fraction of sp³-hybridized carbons (Fsp3) is 0.100. The molecule has 0 N–H and O–H groups in total. The van der Waals surface area contributed by atoms with Gasteiger partial charge in [0.05, 0.1) is 6.21 Å². The Labute approximate surface area is 191 Å². The van der Waals surface area contributed by atoms with Gasteiger partial charge < -0.3 is 4.84 Å². The molecule has 2 heterocycles. The van der Waals surface area contributed by atoms with Crippen molar-refractivity contribution >= 4 is 69.1 Å². The number of hydrogen-bond donors (Lipinski definition) is 0. The summed E-state index contributed by atoms with van der Waals surface area (Å²) in [6.07, 6.45) is 3.65. The Morgan fingerprint density at radius 2 is 1.90 bits per heavy atom. The van der Waals surface area contributed by atoms with E-state index >= 15 is 0 Å². The second-order valence-corrected chi connectivity index (χ2v) is 9.13. The lowest BCUT2D eigenvalue weighted by Gasteiger charge is -2.03. The number of hydrogen-bond acceptors (Lipinski definition) is 5. The first-order valence-electron chi connectivity index (χ1n) is 8.52. The molecule has 0 saturated carbocycles. The molecular weight excluding hydrogens is 469 g/mol. The predicted octanol–water partition coefficient (Wildman–Crippen LogP) is 7.20. The van der Waals surface area contributed by atoms with Crippen molar-refractivity contribution in [2.24, 2.45) is 5.16 Å². The third-order valence-corrected chi connectivity index (χ3v) is 6.69. The van der Waals surface area contributed by atoms with Gasteiger partial charge in [0, 0.05) is 38.0 Å². The average Bonchev–Trinajstić information content (AvgIpc) is 3.28. The van der Waals surface area contributed by atoms with Gasteiger partial charge in [-0.25, -0.2) is 4.98 Å². The number of rotatable bonds is 7. The normalized spacial score (nSPS) is 11.6. The maximum absolute atomic E-state index is 6.17. The second-order valence-electron chi connectivity index (χ2n) is 6.02. The number of fused-ring (bicyclic) bond motifs is 1. The number of halogens is 3. The van der Waals surface area contributed by atoms with Crippen molar-refractivity contribution in [2.75, 3.05) is 0 Å². The minimum Gasteiger partial charge on any atom is -0.391 e. The van der Waals surface area contributed by atoms with Gasteiger partial charge in [-0.15, -0.1) is 11.3 Å². The number of aromatic nitrogens is 2. The molecule has 4 nitrogen and oxygen atoms in total. The van der Waals surface area contributed by atoms with Crippen molar-refractivity contribution in [3.8, 4) is 0 Å². The highest BCUT2D eigenvalue weighted by Gasteiger charge is 2.12. The van der Waals surface area contributed by atoms with Crippen LogP contribution in [-0.4, -0.2) is 15.6 Å². The minimum atomic E-state index is 0.255. The summed E-state index contributed by atoms with van der Waals surface area (Å²) < 4.78 is 2.00. The molecule has 0 spiro atoms. The number of thioether (sulfide) groups is 1. The van der Waals surface area contributed by atoms with Crippen LogP contribution in [0.3, 0.4) is 0 Å². The second kappa shape index (κ2) is 9.41. The van der Waals surface area contributed by atoms with Crippen LogP contribution in [0, 0.1) is 0 Å².